The minimum atomic E-state index is -0.163. The van der Waals surface area contributed by atoms with Gasteiger partial charge in [-0.2, -0.15) is 0 Å². The van der Waals surface area contributed by atoms with Gasteiger partial charge in [-0.3, -0.25) is 9.89 Å². The Morgan fingerprint density at radius 3 is 2.33 bits per heavy atom. The van der Waals surface area contributed by atoms with Crippen molar-refractivity contribution in [1.29, 1.82) is 0 Å². The van der Waals surface area contributed by atoms with Crippen molar-refractivity contribution in [3.05, 3.63) is 71.1 Å². The summed E-state index contributed by atoms with van der Waals surface area (Å²) in [6.45, 7) is 2.55. The lowest BCUT2D eigenvalue weighted by Crippen LogP contribution is -2.14. The maximum Gasteiger partial charge on any atom is 0.273 e. The van der Waals surface area contributed by atoms with Gasteiger partial charge in [0.05, 0.1) is 19.4 Å². The van der Waals surface area contributed by atoms with Gasteiger partial charge in [0.2, 0.25) is 0 Å². The van der Waals surface area contributed by atoms with Crippen LogP contribution in [0.4, 0.5) is 0 Å². The molecule has 6 nitrogen and oxygen atoms in total. The third-order valence-corrected chi connectivity index (χ3v) is 4.36. The van der Waals surface area contributed by atoms with Crippen LogP contribution in [0.2, 0.25) is 0 Å². The van der Waals surface area contributed by atoms with E-state index in [-0.39, 0.29) is 5.56 Å². The fourth-order valence-electron chi connectivity index (χ4n) is 3.00. The molecule has 0 unspecified atom stereocenters. The average Bonchev–Trinajstić information content (AvgIpc) is 3.13. The maximum absolute atomic E-state index is 12.5. The van der Waals surface area contributed by atoms with E-state index in [4.69, 9.17) is 14.5 Å². The minimum absolute atomic E-state index is 0.163. The highest BCUT2D eigenvalue weighted by Crippen LogP contribution is 2.27. The molecular formula is C21H19N3O3. The Hall–Kier alpha value is -3.54. The summed E-state index contributed by atoms with van der Waals surface area (Å²) in [6.07, 6.45) is 1.79. The van der Waals surface area contributed by atoms with Gasteiger partial charge < -0.3 is 9.47 Å². The Morgan fingerprint density at radius 1 is 1.00 bits per heavy atom. The molecule has 4 rings (SSSR count). The van der Waals surface area contributed by atoms with Crippen LogP contribution in [0, 0.1) is 0 Å². The summed E-state index contributed by atoms with van der Waals surface area (Å²) in [6, 6.07) is 16.7. The number of nitrogens with one attached hydrogen (secondary N) is 1. The van der Waals surface area contributed by atoms with Gasteiger partial charge in [0, 0.05) is 23.4 Å². The molecule has 2 aromatic carbocycles. The number of ether oxygens (including phenoxy) is 2. The molecule has 2 aromatic heterocycles. The third-order valence-electron chi connectivity index (χ3n) is 4.36. The zero-order chi connectivity index (χ0) is 18.8. The van der Waals surface area contributed by atoms with Gasteiger partial charge in [-0.05, 0) is 48.9 Å². The second-order valence-electron chi connectivity index (χ2n) is 6.01. The van der Waals surface area contributed by atoms with Crippen LogP contribution in [0.5, 0.6) is 11.5 Å². The first-order valence-corrected chi connectivity index (χ1v) is 8.68. The SMILES string of the molecule is CCOc1ccc(-c2cc(=O)n3[nH]cc(-c4ccc(OC)cc4)c3n2)cc1. The number of nitrogens with zero attached hydrogens (tertiary/aromatic N) is 2. The molecule has 0 fully saturated rings. The minimum Gasteiger partial charge on any atom is -0.497 e. The van der Waals surface area contributed by atoms with Crippen molar-refractivity contribution in [1.82, 2.24) is 14.6 Å². The van der Waals surface area contributed by atoms with Crippen LogP contribution in [0.1, 0.15) is 6.92 Å². The van der Waals surface area contributed by atoms with Gasteiger partial charge in [0.1, 0.15) is 11.5 Å². The van der Waals surface area contributed by atoms with Gasteiger partial charge in [0.15, 0.2) is 5.65 Å². The topological polar surface area (TPSA) is 68.6 Å². The summed E-state index contributed by atoms with van der Waals surface area (Å²) in [5, 5.41) is 2.98. The molecule has 2 heterocycles. The summed E-state index contributed by atoms with van der Waals surface area (Å²) >= 11 is 0. The Labute approximate surface area is 156 Å². The lowest BCUT2D eigenvalue weighted by atomic mass is 10.1. The number of rotatable bonds is 5. The van der Waals surface area contributed by atoms with Crippen molar-refractivity contribution in [2.24, 2.45) is 0 Å². The van der Waals surface area contributed by atoms with Crippen LogP contribution in [0.25, 0.3) is 28.0 Å². The normalized spacial score (nSPS) is 10.9. The molecule has 4 aromatic rings. The molecule has 0 radical (unpaired) electrons. The van der Waals surface area contributed by atoms with Gasteiger partial charge in [0.25, 0.3) is 5.56 Å². The predicted octanol–water partition coefficient (Wildman–Crippen LogP) is 3.76. The quantitative estimate of drug-likeness (QED) is 0.588. The Bertz CT molecular complexity index is 1130. The van der Waals surface area contributed by atoms with E-state index in [0.29, 0.717) is 17.9 Å². The molecule has 0 aliphatic rings. The summed E-state index contributed by atoms with van der Waals surface area (Å²) in [5.41, 5.74) is 3.70. The van der Waals surface area contributed by atoms with Crippen molar-refractivity contribution < 1.29 is 9.47 Å². The van der Waals surface area contributed by atoms with E-state index in [1.807, 2.05) is 55.5 Å². The van der Waals surface area contributed by atoms with Gasteiger partial charge in [-0.25, -0.2) is 9.50 Å². The van der Waals surface area contributed by atoms with E-state index in [1.165, 1.54) is 10.6 Å². The molecular weight excluding hydrogens is 342 g/mol. The van der Waals surface area contributed by atoms with Gasteiger partial charge in [-0.1, -0.05) is 12.1 Å². The van der Waals surface area contributed by atoms with Gasteiger partial charge >= 0.3 is 0 Å². The molecule has 136 valence electrons. The average molecular weight is 361 g/mol. The zero-order valence-corrected chi connectivity index (χ0v) is 15.1. The second kappa shape index (κ2) is 6.99. The van der Waals surface area contributed by atoms with E-state index in [0.717, 1.165) is 28.2 Å². The summed E-state index contributed by atoms with van der Waals surface area (Å²) < 4.78 is 12.1. The molecule has 27 heavy (non-hydrogen) atoms. The molecule has 0 atom stereocenters. The summed E-state index contributed by atoms with van der Waals surface area (Å²) in [4.78, 5) is 17.3. The molecule has 0 spiro atoms. The third kappa shape index (κ3) is 3.17. The lowest BCUT2D eigenvalue weighted by Gasteiger charge is -2.06. The van der Waals surface area contributed by atoms with Crippen molar-refractivity contribution in [2.75, 3.05) is 13.7 Å². The number of fused-ring (bicyclic) bond motifs is 1. The van der Waals surface area contributed by atoms with E-state index in [2.05, 4.69) is 5.10 Å². The van der Waals surface area contributed by atoms with Crippen LogP contribution in [0.3, 0.4) is 0 Å². The first-order valence-electron chi connectivity index (χ1n) is 8.68. The standard InChI is InChI=1S/C21H19N3O3/c1-3-27-17-10-6-15(7-11-17)19-12-20(25)24-21(23-19)18(13-22-24)14-4-8-16(26-2)9-5-14/h4-13,22H,3H2,1-2H3. The number of H-pyrrole nitrogens is 1. The Balaban J connectivity index is 1.80. The highest BCUT2D eigenvalue weighted by atomic mass is 16.5. The largest absolute Gasteiger partial charge is 0.497 e. The smallest absolute Gasteiger partial charge is 0.273 e. The molecule has 1 N–H and O–H groups in total. The number of hydrogen-bond donors (Lipinski definition) is 1. The number of aromatic nitrogens is 3. The summed E-state index contributed by atoms with van der Waals surface area (Å²) in [7, 11) is 1.63. The van der Waals surface area contributed by atoms with Crippen LogP contribution >= 0.6 is 0 Å². The molecule has 0 amide bonds. The summed E-state index contributed by atoms with van der Waals surface area (Å²) in [5.74, 6) is 1.57. The van der Waals surface area contributed by atoms with E-state index in [1.54, 1.807) is 13.3 Å². The highest BCUT2D eigenvalue weighted by Gasteiger charge is 2.12. The van der Waals surface area contributed by atoms with Crippen molar-refractivity contribution in [3.8, 4) is 33.9 Å². The first-order chi connectivity index (χ1) is 13.2. The molecule has 0 saturated heterocycles. The van der Waals surface area contributed by atoms with Crippen molar-refractivity contribution in [3.63, 3.8) is 0 Å². The molecule has 0 aliphatic heterocycles. The fourth-order valence-corrected chi connectivity index (χ4v) is 3.00. The molecule has 0 saturated carbocycles. The first kappa shape index (κ1) is 16.9. The van der Waals surface area contributed by atoms with E-state index >= 15 is 0 Å². The van der Waals surface area contributed by atoms with Gasteiger partial charge in [-0.15, -0.1) is 0 Å². The zero-order valence-electron chi connectivity index (χ0n) is 15.1. The van der Waals surface area contributed by atoms with Crippen LogP contribution < -0.4 is 15.0 Å². The fraction of sp³-hybridized carbons (Fsp3) is 0.143. The molecule has 6 heteroatoms. The highest BCUT2D eigenvalue weighted by molar-refractivity contribution is 5.78. The van der Waals surface area contributed by atoms with Crippen LogP contribution in [-0.4, -0.2) is 28.3 Å². The number of methoxy groups -OCH3 is 1. The Kier molecular flexibility index (Phi) is 4.38. The maximum atomic E-state index is 12.5. The van der Waals surface area contributed by atoms with E-state index in [9.17, 15) is 4.79 Å². The number of benzene rings is 2. The van der Waals surface area contributed by atoms with Crippen molar-refractivity contribution in [2.45, 2.75) is 6.92 Å². The van der Waals surface area contributed by atoms with Crippen molar-refractivity contribution >= 4 is 5.65 Å². The van der Waals surface area contributed by atoms with Crippen LogP contribution in [-0.2, 0) is 0 Å². The molecule has 0 bridgehead atoms. The number of aromatic amines is 1. The monoisotopic (exact) mass is 361 g/mol. The second-order valence-corrected chi connectivity index (χ2v) is 6.01. The van der Waals surface area contributed by atoms with Crippen LogP contribution in [0.15, 0.2) is 65.6 Å². The predicted molar refractivity (Wildman–Crippen MR) is 104 cm³/mol. The number of hydrogen-bond acceptors (Lipinski definition) is 4. The molecule has 0 aliphatic carbocycles. The van der Waals surface area contributed by atoms with E-state index < -0.39 is 0 Å². The Morgan fingerprint density at radius 2 is 1.67 bits per heavy atom. The lowest BCUT2D eigenvalue weighted by molar-refractivity contribution is 0.340.